The normalized spacial score (nSPS) is 26.9. The summed E-state index contributed by atoms with van der Waals surface area (Å²) >= 11 is 0. The lowest BCUT2D eigenvalue weighted by Gasteiger charge is -2.36. The molecule has 3 atom stereocenters. The van der Waals surface area contributed by atoms with Crippen molar-refractivity contribution in [2.45, 2.75) is 38.9 Å². The molecule has 1 aromatic rings. The predicted molar refractivity (Wildman–Crippen MR) is 73.9 cm³/mol. The zero-order valence-corrected chi connectivity index (χ0v) is 11.3. The Morgan fingerprint density at radius 1 is 1.37 bits per heavy atom. The van der Waals surface area contributed by atoms with Gasteiger partial charge in [-0.1, -0.05) is 12.2 Å². The Hall–Kier alpha value is -1.68. The lowest BCUT2D eigenvalue weighted by molar-refractivity contribution is -0.384. The standard InChI is InChI=1S/C15H19NO3/c1-10(2)14-9-4-11(3)19-15(14)12-5-7-13(8-6-12)16(17)18/h5-8,11,14-15H,1,4,9H2,2-3H3/t11-,14+,15+/m0/s1. The number of rotatable bonds is 3. The third-order valence-corrected chi connectivity index (χ3v) is 3.69. The van der Waals surface area contributed by atoms with Crippen molar-refractivity contribution in [1.82, 2.24) is 0 Å². The molecule has 102 valence electrons. The van der Waals surface area contributed by atoms with E-state index in [9.17, 15) is 10.1 Å². The molecule has 1 saturated heterocycles. The van der Waals surface area contributed by atoms with Crippen molar-refractivity contribution < 1.29 is 9.66 Å². The van der Waals surface area contributed by atoms with Crippen LogP contribution in [0.15, 0.2) is 36.4 Å². The summed E-state index contributed by atoms with van der Waals surface area (Å²) in [5, 5.41) is 10.7. The van der Waals surface area contributed by atoms with Crippen LogP contribution < -0.4 is 0 Å². The third-order valence-electron chi connectivity index (χ3n) is 3.69. The highest BCUT2D eigenvalue weighted by atomic mass is 16.6. The molecule has 0 saturated carbocycles. The summed E-state index contributed by atoms with van der Waals surface area (Å²) in [6, 6.07) is 6.65. The van der Waals surface area contributed by atoms with Gasteiger partial charge >= 0.3 is 0 Å². The van der Waals surface area contributed by atoms with Crippen LogP contribution in [0.3, 0.4) is 0 Å². The van der Waals surface area contributed by atoms with Crippen LogP contribution in [0.2, 0.25) is 0 Å². The van der Waals surface area contributed by atoms with E-state index in [1.54, 1.807) is 12.1 Å². The largest absolute Gasteiger partial charge is 0.370 e. The number of ether oxygens (including phenoxy) is 1. The Kier molecular flexibility index (Phi) is 4.00. The summed E-state index contributed by atoms with van der Waals surface area (Å²) in [7, 11) is 0. The molecular formula is C15H19NO3. The van der Waals surface area contributed by atoms with E-state index in [1.165, 1.54) is 12.1 Å². The number of hydrogen-bond acceptors (Lipinski definition) is 3. The SMILES string of the molecule is C=C(C)[C@H]1CC[C@H](C)O[C@@H]1c1ccc([N+](=O)[O-])cc1. The highest BCUT2D eigenvalue weighted by molar-refractivity contribution is 5.34. The van der Waals surface area contributed by atoms with Crippen molar-refractivity contribution in [1.29, 1.82) is 0 Å². The average Bonchev–Trinajstić information content (AvgIpc) is 2.38. The molecule has 0 N–H and O–H groups in total. The first kappa shape index (κ1) is 13.7. The highest BCUT2D eigenvalue weighted by Gasteiger charge is 2.31. The molecule has 0 spiro atoms. The van der Waals surface area contributed by atoms with Gasteiger partial charge < -0.3 is 4.74 Å². The van der Waals surface area contributed by atoms with Crippen molar-refractivity contribution >= 4 is 5.69 Å². The lowest BCUT2D eigenvalue weighted by atomic mass is 9.83. The Bertz CT molecular complexity index is 481. The first-order valence-corrected chi connectivity index (χ1v) is 6.54. The van der Waals surface area contributed by atoms with Gasteiger partial charge in [0.1, 0.15) is 0 Å². The van der Waals surface area contributed by atoms with Gasteiger partial charge in [0.25, 0.3) is 5.69 Å². The molecule has 1 fully saturated rings. The minimum absolute atomic E-state index is 0.0398. The molecule has 1 aromatic carbocycles. The molecular weight excluding hydrogens is 242 g/mol. The number of nitro benzene ring substituents is 1. The molecule has 19 heavy (non-hydrogen) atoms. The van der Waals surface area contributed by atoms with Crippen molar-refractivity contribution in [3.05, 3.63) is 52.1 Å². The van der Waals surface area contributed by atoms with E-state index < -0.39 is 0 Å². The van der Waals surface area contributed by atoms with Crippen molar-refractivity contribution in [2.75, 3.05) is 0 Å². The fourth-order valence-corrected chi connectivity index (χ4v) is 2.58. The van der Waals surface area contributed by atoms with Crippen LogP contribution in [0.4, 0.5) is 5.69 Å². The Balaban J connectivity index is 2.25. The van der Waals surface area contributed by atoms with Crippen LogP contribution in [0.25, 0.3) is 0 Å². The van der Waals surface area contributed by atoms with Crippen LogP contribution in [0.5, 0.6) is 0 Å². The molecule has 1 heterocycles. The monoisotopic (exact) mass is 261 g/mol. The van der Waals surface area contributed by atoms with Gasteiger partial charge in [-0.05, 0) is 44.4 Å². The number of non-ortho nitro benzene ring substituents is 1. The maximum absolute atomic E-state index is 10.7. The molecule has 1 aliphatic heterocycles. The number of nitro groups is 1. The van der Waals surface area contributed by atoms with Crippen LogP contribution in [0, 0.1) is 16.0 Å². The van der Waals surface area contributed by atoms with Gasteiger partial charge in [0.05, 0.1) is 17.1 Å². The first-order valence-electron chi connectivity index (χ1n) is 6.54. The molecule has 0 amide bonds. The minimum atomic E-state index is -0.385. The zero-order valence-electron chi connectivity index (χ0n) is 11.3. The van der Waals surface area contributed by atoms with Crippen LogP contribution in [-0.4, -0.2) is 11.0 Å². The van der Waals surface area contributed by atoms with Gasteiger partial charge in [-0.3, -0.25) is 10.1 Å². The van der Waals surface area contributed by atoms with Crippen molar-refractivity contribution in [3.8, 4) is 0 Å². The molecule has 2 rings (SSSR count). The Labute approximate surface area is 113 Å². The van der Waals surface area contributed by atoms with Gasteiger partial charge in [-0.2, -0.15) is 0 Å². The summed E-state index contributed by atoms with van der Waals surface area (Å²) in [5.41, 5.74) is 2.21. The maximum atomic E-state index is 10.7. The van der Waals surface area contributed by atoms with Crippen LogP contribution in [-0.2, 0) is 4.74 Å². The summed E-state index contributed by atoms with van der Waals surface area (Å²) in [6.45, 7) is 8.12. The predicted octanol–water partition coefficient (Wildman–Crippen LogP) is 4.03. The second-order valence-electron chi connectivity index (χ2n) is 5.25. The van der Waals surface area contributed by atoms with Gasteiger partial charge in [0.2, 0.25) is 0 Å². The molecule has 0 aliphatic carbocycles. The molecule has 0 radical (unpaired) electrons. The number of nitrogens with zero attached hydrogens (tertiary/aromatic N) is 1. The number of hydrogen-bond donors (Lipinski definition) is 0. The second-order valence-corrected chi connectivity index (χ2v) is 5.25. The van der Waals surface area contributed by atoms with Crippen molar-refractivity contribution in [2.24, 2.45) is 5.92 Å². The highest BCUT2D eigenvalue weighted by Crippen LogP contribution is 2.40. The molecule has 1 aliphatic rings. The molecule has 0 aromatic heterocycles. The van der Waals surface area contributed by atoms with Gasteiger partial charge in [0.15, 0.2) is 0 Å². The third kappa shape index (κ3) is 3.01. The Morgan fingerprint density at radius 2 is 2.00 bits per heavy atom. The number of benzene rings is 1. The zero-order chi connectivity index (χ0) is 14.0. The average molecular weight is 261 g/mol. The fraction of sp³-hybridized carbons (Fsp3) is 0.467. The quantitative estimate of drug-likeness (QED) is 0.469. The minimum Gasteiger partial charge on any atom is -0.370 e. The van der Waals surface area contributed by atoms with Gasteiger partial charge in [0, 0.05) is 18.1 Å². The first-order chi connectivity index (χ1) is 8.99. The second kappa shape index (κ2) is 5.53. The topological polar surface area (TPSA) is 52.4 Å². The molecule has 0 unspecified atom stereocenters. The van der Waals surface area contributed by atoms with Crippen molar-refractivity contribution in [3.63, 3.8) is 0 Å². The van der Waals surface area contributed by atoms with E-state index in [0.29, 0.717) is 0 Å². The van der Waals surface area contributed by atoms with Gasteiger partial charge in [-0.25, -0.2) is 0 Å². The van der Waals surface area contributed by atoms with Gasteiger partial charge in [-0.15, -0.1) is 0 Å². The van der Waals surface area contributed by atoms with Crippen LogP contribution >= 0.6 is 0 Å². The summed E-state index contributed by atoms with van der Waals surface area (Å²) < 4.78 is 6.02. The molecule has 4 heteroatoms. The summed E-state index contributed by atoms with van der Waals surface area (Å²) in [4.78, 5) is 10.3. The smallest absolute Gasteiger partial charge is 0.269 e. The molecule has 4 nitrogen and oxygen atoms in total. The maximum Gasteiger partial charge on any atom is 0.269 e. The van der Waals surface area contributed by atoms with E-state index in [4.69, 9.17) is 4.74 Å². The van der Waals surface area contributed by atoms with E-state index in [0.717, 1.165) is 24.0 Å². The molecule has 0 bridgehead atoms. The fourth-order valence-electron chi connectivity index (χ4n) is 2.58. The van der Waals surface area contributed by atoms with E-state index in [1.807, 2.05) is 6.92 Å². The van der Waals surface area contributed by atoms with Crippen LogP contribution in [0.1, 0.15) is 38.4 Å². The van der Waals surface area contributed by atoms with E-state index >= 15 is 0 Å². The lowest BCUT2D eigenvalue weighted by Crippen LogP contribution is -2.28. The summed E-state index contributed by atoms with van der Waals surface area (Å²) in [6.07, 6.45) is 2.26. The summed E-state index contributed by atoms with van der Waals surface area (Å²) in [5.74, 6) is 0.289. The Morgan fingerprint density at radius 3 is 2.53 bits per heavy atom. The van der Waals surface area contributed by atoms with E-state index in [-0.39, 0.29) is 28.7 Å². The van der Waals surface area contributed by atoms with E-state index in [2.05, 4.69) is 13.5 Å².